The van der Waals surface area contributed by atoms with Gasteiger partial charge in [0.15, 0.2) is 0 Å². The second-order valence-electron chi connectivity index (χ2n) is 4.36. The van der Waals surface area contributed by atoms with Crippen LogP contribution in [0.15, 0.2) is 24.3 Å². The van der Waals surface area contributed by atoms with Crippen molar-refractivity contribution in [3.8, 4) is 0 Å². The Morgan fingerprint density at radius 3 is 2.81 bits per heavy atom. The van der Waals surface area contributed by atoms with Crippen LogP contribution in [0, 0.1) is 0 Å². The first-order valence-electron chi connectivity index (χ1n) is 5.83. The van der Waals surface area contributed by atoms with Crippen molar-refractivity contribution >= 4 is 5.91 Å². The number of amides is 1. The summed E-state index contributed by atoms with van der Waals surface area (Å²) in [6.07, 6.45) is 2.49. The quantitative estimate of drug-likeness (QED) is 0.828. The molecule has 0 saturated heterocycles. The van der Waals surface area contributed by atoms with Crippen molar-refractivity contribution in [3.05, 3.63) is 35.4 Å². The van der Waals surface area contributed by atoms with Gasteiger partial charge in [-0.25, -0.2) is 0 Å². The van der Waals surface area contributed by atoms with Gasteiger partial charge in [-0.3, -0.25) is 9.69 Å². The summed E-state index contributed by atoms with van der Waals surface area (Å²) in [5.41, 5.74) is 8.02. The molecule has 1 aliphatic rings. The number of nitrogens with two attached hydrogens (primary N) is 1. The number of carbonyl (C=O) groups excluding carboxylic acids is 1. The van der Waals surface area contributed by atoms with Gasteiger partial charge in [0, 0.05) is 19.5 Å². The van der Waals surface area contributed by atoms with E-state index in [1.54, 1.807) is 0 Å². The van der Waals surface area contributed by atoms with E-state index in [4.69, 9.17) is 5.73 Å². The fourth-order valence-corrected chi connectivity index (χ4v) is 2.22. The zero-order chi connectivity index (χ0) is 11.4. The first-order valence-corrected chi connectivity index (χ1v) is 5.83. The van der Waals surface area contributed by atoms with Crippen LogP contribution >= 0.6 is 0 Å². The Morgan fingerprint density at radius 2 is 2.06 bits per heavy atom. The lowest BCUT2D eigenvalue weighted by atomic mass is 10.00. The minimum absolute atomic E-state index is 0.197. The van der Waals surface area contributed by atoms with Gasteiger partial charge in [0.2, 0.25) is 5.91 Å². The molecule has 2 N–H and O–H groups in total. The molecule has 0 bridgehead atoms. The molecule has 1 amide bonds. The van der Waals surface area contributed by atoms with Gasteiger partial charge in [-0.2, -0.15) is 0 Å². The Hall–Kier alpha value is -1.35. The molecule has 0 spiro atoms. The standard InChI is InChI=1S/C13H18N2O/c14-13(16)6-3-8-15-9-7-11-4-1-2-5-12(11)10-15/h1-2,4-5H,3,6-10H2,(H2,14,16). The highest BCUT2D eigenvalue weighted by atomic mass is 16.1. The SMILES string of the molecule is NC(=O)CCCN1CCc2ccccc2C1. The van der Waals surface area contributed by atoms with Crippen LogP contribution in [-0.4, -0.2) is 23.9 Å². The highest BCUT2D eigenvalue weighted by Gasteiger charge is 2.14. The zero-order valence-electron chi connectivity index (χ0n) is 9.48. The molecule has 0 atom stereocenters. The van der Waals surface area contributed by atoms with Gasteiger partial charge in [0.25, 0.3) is 0 Å². The van der Waals surface area contributed by atoms with Crippen LogP contribution in [-0.2, 0) is 17.8 Å². The summed E-state index contributed by atoms with van der Waals surface area (Å²) in [6.45, 7) is 3.07. The normalized spacial score (nSPS) is 15.8. The van der Waals surface area contributed by atoms with E-state index in [9.17, 15) is 4.79 Å². The molecule has 1 heterocycles. The molecule has 3 heteroatoms. The Bertz CT molecular complexity index is 376. The predicted octanol–water partition coefficient (Wildman–Crippen LogP) is 1.31. The van der Waals surface area contributed by atoms with Gasteiger partial charge >= 0.3 is 0 Å². The maximum absolute atomic E-state index is 10.6. The van der Waals surface area contributed by atoms with Crippen molar-refractivity contribution in [2.24, 2.45) is 5.73 Å². The molecule has 0 radical (unpaired) electrons. The topological polar surface area (TPSA) is 46.3 Å². The van der Waals surface area contributed by atoms with E-state index in [1.807, 2.05) is 0 Å². The van der Waals surface area contributed by atoms with E-state index >= 15 is 0 Å². The number of carbonyl (C=O) groups is 1. The van der Waals surface area contributed by atoms with Crippen LogP contribution in [0.2, 0.25) is 0 Å². The van der Waals surface area contributed by atoms with Crippen molar-refractivity contribution < 1.29 is 4.79 Å². The maximum atomic E-state index is 10.6. The highest BCUT2D eigenvalue weighted by Crippen LogP contribution is 2.18. The van der Waals surface area contributed by atoms with Gasteiger partial charge in [-0.15, -0.1) is 0 Å². The minimum Gasteiger partial charge on any atom is -0.370 e. The third-order valence-electron chi connectivity index (χ3n) is 3.11. The summed E-state index contributed by atoms with van der Waals surface area (Å²) >= 11 is 0. The second-order valence-corrected chi connectivity index (χ2v) is 4.36. The summed E-state index contributed by atoms with van der Waals surface area (Å²) in [5.74, 6) is -0.197. The monoisotopic (exact) mass is 218 g/mol. The van der Waals surface area contributed by atoms with Gasteiger partial charge < -0.3 is 5.73 Å². The smallest absolute Gasteiger partial charge is 0.217 e. The molecule has 1 aliphatic heterocycles. The fraction of sp³-hybridized carbons (Fsp3) is 0.462. The zero-order valence-corrected chi connectivity index (χ0v) is 9.48. The van der Waals surface area contributed by atoms with E-state index in [1.165, 1.54) is 11.1 Å². The minimum atomic E-state index is -0.197. The molecule has 16 heavy (non-hydrogen) atoms. The molecular formula is C13H18N2O. The average Bonchev–Trinajstić information content (AvgIpc) is 2.28. The molecule has 0 fully saturated rings. The molecular weight excluding hydrogens is 200 g/mol. The molecule has 2 rings (SSSR count). The van der Waals surface area contributed by atoms with Crippen LogP contribution in [0.1, 0.15) is 24.0 Å². The van der Waals surface area contributed by atoms with Gasteiger partial charge in [0.1, 0.15) is 0 Å². The number of nitrogens with zero attached hydrogens (tertiary/aromatic N) is 1. The van der Waals surface area contributed by atoms with Crippen molar-refractivity contribution in [2.45, 2.75) is 25.8 Å². The van der Waals surface area contributed by atoms with E-state index < -0.39 is 0 Å². The first kappa shape index (κ1) is 11.1. The molecule has 86 valence electrons. The summed E-state index contributed by atoms with van der Waals surface area (Å²) in [5, 5.41) is 0. The van der Waals surface area contributed by atoms with Gasteiger partial charge in [0.05, 0.1) is 0 Å². The first-order chi connectivity index (χ1) is 7.75. The van der Waals surface area contributed by atoms with E-state index in [2.05, 4.69) is 29.2 Å². The Balaban J connectivity index is 1.86. The van der Waals surface area contributed by atoms with Crippen molar-refractivity contribution in [2.75, 3.05) is 13.1 Å². The Morgan fingerprint density at radius 1 is 1.31 bits per heavy atom. The summed E-state index contributed by atoms with van der Waals surface area (Å²) in [7, 11) is 0. The van der Waals surface area contributed by atoms with Gasteiger partial charge in [-0.05, 0) is 30.5 Å². The van der Waals surface area contributed by atoms with E-state index in [-0.39, 0.29) is 5.91 Å². The summed E-state index contributed by atoms with van der Waals surface area (Å²) in [6, 6.07) is 8.58. The number of benzene rings is 1. The van der Waals surface area contributed by atoms with Crippen molar-refractivity contribution in [3.63, 3.8) is 0 Å². The van der Waals surface area contributed by atoms with Gasteiger partial charge in [-0.1, -0.05) is 24.3 Å². The van der Waals surface area contributed by atoms with Crippen LogP contribution in [0.5, 0.6) is 0 Å². The van der Waals surface area contributed by atoms with Crippen LogP contribution in [0.4, 0.5) is 0 Å². The second kappa shape index (κ2) is 5.12. The maximum Gasteiger partial charge on any atom is 0.217 e. The largest absolute Gasteiger partial charge is 0.370 e. The number of hydrogen-bond acceptors (Lipinski definition) is 2. The summed E-state index contributed by atoms with van der Waals surface area (Å²) < 4.78 is 0. The lowest BCUT2D eigenvalue weighted by Crippen LogP contribution is -2.31. The lowest BCUT2D eigenvalue weighted by Gasteiger charge is -2.28. The molecule has 1 aromatic carbocycles. The van der Waals surface area contributed by atoms with Crippen LogP contribution in [0.25, 0.3) is 0 Å². The molecule has 3 nitrogen and oxygen atoms in total. The average molecular weight is 218 g/mol. The van der Waals surface area contributed by atoms with Crippen molar-refractivity contribution in [1.82, 2.24) is 4.90 Å². The number of hydrogen-bond donors (Lipinski definition) is 1. The molecule has 0 aliphatic carbocycles. The Labute approximate surface area is 96.2 Å². The Kier molecular flexibility index (Phi) is 3.57. The number of primary amides is 1. The van der Waals surface area contributed by atoms with Crippen LogP contribution < -0.4 is 5.73 Å². The van der Waals surface area contributed by atoms with E-state index in [0.717, 1.165) is 32.5 Å². The van der Waals surface area contributed by atoms with Crippen molar-refractivity contribution in [1.29, 1.82) is 0 Å². The third-order valence-corrected chi connectivity index (χ3v) is 3.11. The highest BCUT2D eigenvalue weighted by molar-refractivity contribution is 5.73. The fourth-order valence-electron chi connectivity index (χ4n) is 2.22. The molecule has 0 saturated carbocycles. The lowest BCUT2D eigenvalue weighted by molar-refractivity contribution is -0.118. The van der Waals surface area contributed by atoms with Crippen LogP contribution in [0.3, 0.4) is 0 Å². The summed E-state index contributed by atoms with van der Waals surface area (Å²) in [4.78, 5) is 13.0. The third kappa shape index (κ3) is 2.83. The van der Waals surface area contributed by atoms with E-state index in [0.29, 0.717) is 6.42 Å². The number of fused-ring (bicyclic) bond motifs is 1. The molecule has 0 aromatic heterocycles. The molecule has 0 unspecified atom stereocenters. The number of rotatable bonds is 4. The predicted molar refractivity (Wildman–Crippen MR) is 63.9 cm³/mol. The molecule has 1 aromatic rings.